The molecule has 1 saturated heterocycles. The van der Waals surface area contributed by atoms with Crippen LogP contribution >= 0.6 is 11.8 Å². The van der Waals surface area contributed by atoms with Gasteiger partial charge < -0.3 is 5.32 Å². The molecule has 1 fully saturated rings. The summed E-state index contributed by atoms with van der Waals surface area (Å²) in [4.78, 5) is 13.8. The predicted molar refractivity (Wildman–Crippen MR) is 68.8 cm³/mol. The lowest BCUT2D eigenvalue weighted by Gasteiger charge is -2.25. The van der Waals surface area contributed by atoms with Gasteiger partial charge in [0.05, 0.1) is 6.54 Å². The number of nitrogens with one attached hydrogen (secondary N) is 1. The van der Waals surface area contributed by atoms with E-state index in [1.165, 1.54) is 12.1 Å². The van der Waals surface area contributed by atoms with Crippen LogP contribution in [0.5, 0.6) is 0 Å². The Hall–Kier alpha value is -1.07. The van der Waals surface area contributed by atoms with Crippen LogP contribution in [-0.2, 0) is 4.79 Å². The van der Waals surface area contributed by atoms with Gasteiger partial charge in [-0.3, -0.25) is 9.69 Å². The minimum Gasteiger partial charge on any atom is -0.325 e. The molecule has 5 heteroatoms. The van der Waals surface area contributed by atoms with Crippen LogP contribution in [0, 0.1) is 5.82 Å². The van der Waals surface area contributed by atoms with Gasteiger partial charge in [-0.25, -0.2) is 4.39 Å². The van der Waals surface area contributed by atoms with Crippen LogP contribution < -0.4 is 5.32 Å². The van der Waals surface area contributed by atoms with Crippen molar-refractivity contribution in [2.24, 2.45) is 0 Å². The maximum atomic E-state index is 12.7. The summed E-state index contributed by atoms with van der Waals surface area (Å²) in [6.45, 7) is 2.33. The summed E-state index contributed by atoms with van der Waals surface area (Å²) >= 11 is 1.92. The van der Waals surface area contributed by atoms with Gasteiger partial charge in [0.25, 0.3) is 0 Å². The van der Waals surface area contributed by atoms with Crippen molar-refractivity contribution < 1.29 is 9.18 Å². The van der Waals surface area contributed by atoms with Crippen molar-refractivity contribution in [2.45, 2.75) is 0 Å². The summed E-state index contributed by atoms with van der Waals surface area (Å²) in [6, 6.07) is 5.82. The summed E-state index contributed by atoms with van der Waals surface area (Å²) in [7, 11) is 0. The first-order valence-corrected chi connectivity index (χ1v) is 6.75. The molecule has 0 aromatic heterocycles. The molecule has 0 aliphatic carbocycles. The number of amides is 1. The van der Waals surface area contributed by atoms with Crippen LogP contribution in [0.1, 0.15) is 0 Å². The highest BCUT2D eigenvalue weighted by molar-refractivity contribution is 7.99. The number of carbonyl (C=O) groups excluding carboxylic acids is 1. The molecule has 1 amide bonds. The minimum atomic E-state index is -0.295. The van der Waals surface area contributed by atoms with E-state index < -0.39 is 0 Å². The van der Waals surface area contributed by atoms with Gasteiger partial charge in [0, 0.05) is 30.3 Å². The monoisotopic (exact) mass is 254 g/mol. The topological polar surface area (TPSA) is 32.3 Å². The summed E-state index contributed by atoms with van der Waals surface area (Å²) in [5, 5.41) is 2.76. The Balaban J connectivity index is 1.82. The maximum absolute atomic E-state index is 12.7. The lowest BCUT2D eigenvalue weighted by Crippen LogP contribution is -2.38. The van der Waals surface area contributed by atoms with Crippen LogP contribution in [0.25, 0.3) is 0 Å². The quantitative estimate of drug-likeness (QED) is 0.893. The first-order valence-electron chi connectivity index (χ1n) is 5.59. The highest BCUT2D eigenvalue weighted by Crippen LogP contribution is 2.10. The predicted octanol–water partition coefficient (Wildman–Crippen LogP) is 1.81. The third kappa shape index (κ3) is 4.02. The molecule has 0 unspecified atom stereocenters. The molecule has 0 radical (unpaired) electrons. The van der Waals surface area contributed by atoms with Gasteiger partial charge in [-0.15, -0.1) is 0 Å². The van der Waals surface area contributed by atoms with E-state index in [-0.39, 0.29) is 11.7 Å². The van der Waals surface area contributed by atoms with Gasteiger partial charge in [-0.1, -0.05) is 0 Å². The van der Waals surface area contributed by atoms with E-state index in [0.717, 1.165) is 24.6 Å². The molecule has 1 heterocycles. The van der Waals surface area contributed by atoms with Crippen molar-refractivity contribution in [2.75, 3.05) is 36.5 Å². The van der Waals surface area contributed by atoms with E-state index in [0.29, 0.717) is 12.2 Å². The smallest absolute Gasteiger partial charge is 0.238 e. The number of anilines is 1. The molecular formula is C12H15FN2OS. The lowest BCUT2D eigenvalue weighted by molar-refractivity contribution is -0.117. The number of rotatable bonds is 3. The van der Waals surface area contributed by atoms with E-state index >= 15 is 0 Å². The zero-order chi connectivity index (χ0) is 12.1. The largest absolute Gasteiger partial charge is 0.325 e. The van der Waals surface area contributed by atoms with Gasteiger partial charge >= 0.3 is 0 Å². The van der Waals surface area contributed by atoms with Crippen LogP contribution in [0.2, 0.25) is 0 Å². The zero-order valence-electron chi connectivity index (χ0n) is 9.49. The zero-order valence-corrected chi connectivity index (χ0v) is 10.3. The Morgan fingerprint density at radius 3 is 2.59 bits per heavy atom. The third-order valence-electron chi connectivity index (χ3n) is 2.60. The molecule has 2 rings (SSSR count). The van der Waals surface area contributed by atoms with E-state index in [4.69, 9.17) is 0 Å². The number of halogens is 1. The first-order chi connectivity index (χ1) is 8.24. The molecular weight excluding hydrogens is 239 g/mol. The van der Waals surface area contributed by atoms with E-state index in [2.05, 4.69) is 10.2 Å². The number of benzene rings is 1. The molecule has 0 saturated carbocycles. The number of carbonyl (C=O) groups is 1. The Morgan fingerprint density at radius 1 is 1.29 bits per heavy atom. The number of hydrogen-bond acceptors (Lipinski definition) is 3. The van der Waals surface area contributed by atoms with Crippen molar-refractivity contribution in [3.8, 4) is 0 Å². The van der Waals surface area contributed by atoms with Crippen molar-refractivity contribution in [1.29, 1.82) is 0 Å². The normalized spacial score (nSPS) is 16.8. The minimum absolute atomic E-state index is 0.0384. The molecule has 0 spiro atoms. The third-order valence-corrected chi connectivity index (χ3v) is 3.54. The van der Waals surface area contributed by atoms with Crippen LogP contribution in [0.4, 0.5) is 10.1 Å². The Morgan fingerprint density at radius 2 is 1.94 bits per heavy atom. The van der Waals surface area contributed by atoms with Crippen LogP contribution in [-0.4, -0.2) is 41.9 Å². The lowest BCUT2D eigenvalue weighted by atomic mass is 10.3. The van der Waals surface area contributed by atoms with Gasteiger partial charge in [0.15, 0.2) is 0 Å². The van der Waals surface area contributed by atoms with Crippen molar-refractivity contribution >= 4 is 23.4 Å². The summed E-state index contributed by atoms with van der Waals surface area (Å²) < 4.78 is 12.7. The number of nitrogens with zero attached hydrogens (tertiary/aromatic N) is 1. The molecule has 3 nitrogen and oxygen atoms in total. The van der Waals surface area contributed by atoms with Gasteiger partial charge in [0.1, 0.15) is 5.82 Å². The highest BCUT2D eigenvalue weighted by Gasteiger charge is 2.13. The summed E-state index contributed by atoms with van der Waals surface area (Å²) in [5.41, 5.74) is 0.641. The molecule has 92 valence electrons. The fraction of sp³-hybridized carbons (Fsp3) is 0.417. The fourth-order valence-corrected chi connectivity index (χ4v) is 2.67. The van der Waals surface area contributed by atoms with Crippen molar-refractivity contribution in [1.82, 2.24) is 4.90 Å². The second-order valence-electron chi connectivity index (χ2n) is 3.94. The SMILES string of the molecule is O=C(CN1CCSCC1)Nc1ccc(F)cc1. The molecule has 1 N–H and O–H groups in total. The Kier molecular flexibility index (Phi) is 4.39. The highest BCUT2D eigenvalue weighted by atomic mass is 32.2. The fourth-order valence-electron chi connectivity index (χ4n) is 1.70. The number of thioether (sulfide) groups is 1. The summed E-state index contributed by atoms with van der Waals surface area (Å²) in [6.07, 6.45) is 0. The van der Waals surface area contributed by atoms with Crippen LogP contribution in [0.3, 0.4) is 0 Å². The molecule has 1 aromatic rings. The van der Waals surface area contributed by atoms with Crippen LogP contribution in [0.15, 0.2) is 24.3 Å². The van der Waals surface area contributed by atoms with Gasteiger partial charge in [0.2, 0.25) is 5.91 Å². The Bertz CT molecular complexity index is 377. The molecule has 0 bridgehead atoms. The molecule has 17 heavy (non-hydrogen) atoms. The first kappa shape index (κ1) is 12.4. The second kappa shape index (κ2) is 6.02. The van der Waals surface area contributed by atoms with E-state index in [9.17, 15) is 9.18 Å². The van der Waals surface area contributed by atoms with Gasteiger partial charge in [-0.05, 0) is 24.3 Å². The van der Waals surface area contributed by atoms with Crippen molar-refractivity contribution in [3.63, 3.8) is 0 Å². The average molecular weight is 254 g/mol. The summed E-state index contributed by atoms with van der Waals surface area (Å²) in [5.74, 6) is 1.84. The second-order valence-corrected chi connectivity index (χ2v) is 5.17. The Labute approximate surface area is 104 Å². The molecule has 1 aliphatic heterocycles. The molecule has 1 aromatic carbocycles. The maximum Gasteiger partial charge on any atom is 0.238 e. The molecule has 1 aliphatic rings. The molecule has 0 atom stereocenters. The average Bonchev–Trinajstić information content (AvgIpc) is 2.33. The van der Waals surface area contributed by atoms with E-state index in [1.54, 1.807) is 12.1 Å². The standard InChI is InChI=1S/C12H15FN2OS/c13-10-1-3-11(4-2-10)14-12(16)9-15-5-7-17-8-6-15/h1-4H,5-9H2,(H,14,16). The van der Waals surface area contributed by atoms with E-state index in [1.807, 2.05) is 11.8 Å². The number of hydrogen-bond donors (Lipinski definition) is 1. The van der Waals surface area contributed by atoms with Gasteiger partial charge in [-0.2, -0.15) is 11.8 Å². The van der Waals surface area contributed by atoms with Crippen molar-refractivity contribution in [3.05, 3.63) is 30.1 Å².